The van der Waals surface area contributed by atoms with Crippen LogP contribution in [0, 0.1) is 0 Å². The van der Waals surface area contributed by atoms with Crippen molar-refractivity contribution in [1.29, 1.82) is 0 Å². The molecule has 126 valence electrons. The summed E-state index contributed by atoms with van der Waals surface area (Å²) in [4.78, 5) is 25.7. The lowest BCUT2D eigenvalue weighted by Crippen LogP contribution is -2.36. The van der Waals surface area contributed by atoms with Gasteiger partial charge in [0.1, 0.15) is 6.61 Å². The van der Waals surface area contributed by atoms with Crippen LogP contribution in [0.2, 0.25) is 0 Å². The molecule has 0 bridgehead atoms. The molecule has 5 nitrogen and oxygen atoms in total. The maximum atomic E-state index is 12.3. The predicted octanol–water partition coefficient (Wildman–Crippen LogP) is 3.93. The van der Waals surface area contributed by atoms with E-state index in [4.69, 9.17) is 9.47 Å². The lowest BCUT2D eigenvalue weighted by atomic mass is 10.1. The number of nitrogens with zero attached hydrogens (tertiary/aromatic N) is 1. The van der Waals surface area contributed by atoms with Crippen LogP contribution in [0.4, 0.5) is 4.79 Å². The first kappa shape index (κ1) is 18.0. The second kappa shape index (κ2) is 8.49. The minimum absolute atomic E-state index is 0.135. The van der Waals surface area contributed by atoms with Crippen LogP contribution in [0.25, 0.3) is 0 Å². The summed E-state index contributed by atoms with van der Waals surface area (Å²) >= 11 is 3.36. The summed E-state index contributed by atoms with van der Waals surface area (Å²) in [7, 11) is 2.80. The normalized spacial score (nSPS) is 11.5. The molecular weight excluding hydrogens is 374 g/mol. The number of hydrogen-bond acceptors (Lipinski definition) is 4. The number of carbonyl (C=O) groups excluding carboxylic acids is 2. The van der Waals surface area contributed by atoms with Crippen LogP contribution in [0.15, 0.2) is 59.1 Å². The Bertz CT molecular complexity index is 705. The standard InChI is InChI=1S/C18H18BrNO4/c1-20(18(22)24-12-13-7-4-3-5-8-13)16(17(21)23-2)14-9-6-10-15(19)11-14/h3-11,16H,12H2,1-2H3. The molecule has 0 N–H and O–H groups in total. The van der Waals surface area contributed by atoms with Crippen LogP contribution in [-0.2, 0) is 20.9 Å². The van der Waals surface area contributed by atoms with Crippen molar-refractivity contribution in [1.82, 2.24) is 4.90 Å². The number of ether oxygens (including phenoxy) is 2. The molecule has 24 heavy (non-hydrogen) atoms. The van der Waals surface area contributed by atoms with E-state index >= 15 is 0 Å². The van der Waals surface area contributed by atoms with E-state index in [0.717, 1.165) is 10.0 Å². The number of amides is 1. The van der Waals surface area contributed by atoms with Crippen molar-refractivity contribution in [2.45, 2.75) is 12.6 Å². The first-order chi connectivity index (χ1) is 11.5. The molecule has 1 atom stereocenters. The second-order valence-corrected chi connectivity index (χ2v) is 6.05. The minimum atomic E-state index is -0.879. The van der Waals surface area contributed by atoms with E-state index in [-0.39, 0.29) is 6.61 Å². The van der Waals surface area contributed by atoms with Gasteiger partial charge in [0.2, 0.25) is 0 Å². The van der Waals surface area contributed by atoms with Crippen LogP contribution < -0.4 is 0 Å². The molecule has 0 saturated heterocycles. The number of methoxy groups -OCH3 is 1. The summed E-state index contributed by atoms with van der Waals surface area (Å²) in [5.41, 5.74) is 1.51. The van der Waals surface area contributed by atoms with Crippen molar-refractivity contribution in [3.63, 3.8) is 0 Å². The zero-order valence-corrected chi connectivity index (χ0v) is 15.0. The Kier molecular flexibility index (Phi) is 6.37. The van der Waals surface area contributed by atoms with Gasteiger partial charge in [-0.3, -0.25) is 4.90 Å². The molecule has 1 unspecified atom stereocenters. The molecule has 0 fully saturated rings. The van der Waals surface area contributed by atoms with Crippen LogP contribution in [0.1, 0.15) is 17.2 Å². The van der Waals surface area contributed by atoms with Crippen molar-refractivity contribution in [2.24, 2.45) is 0 Å². The number of esters is 1. The number of halogens is 1. The number of rotatable bonds is 5. The van der Waals surface area contributed by atoms with E-state index in [1.54, 1.807) is 18.2 Å². The van der Waals surface area contributed by atoms with Crippen molar-refractivity contribution in [3.8, 4) is 0 Å². The van der Waals surface area contributed by atoms with Gasteiger partial charge in [-0.2, -0.15) is 0 Å². The van der Waals surface area contributed by atoms with Gasteiger partial charge in [0.25, 0.3) is 0 Å². The molecule has 2 rings (SSSR count). The molecular formula is C18H18BrNO4. The first-order valence-electron chi connectivity index (χ1n) is 7.29. The Morgan fingerprint density at radius 1 is 1.12 bits per heavy atom. The number of benzene rings is 2. The lowest BCUT2D eigenvalue weighted by molar-refractivity contribution is -0.146. The molecule has 0 aliphatic heterocycles. The van der Waals surface area contributed by atoms with Crippen molar-refractivity contribution < 1.29 is 19.1 Å². The molecule has 0 saturated carbocycles. The zero-order chi connectivity index (χ0) is 17.5. The number of likely N-dealkylation sites (N-methyl/N-ethyl adjacent to an activating group) is 1. The van der Waals surface area contributed by atoms with Gasteiger partial charge >= 0.3 is 12.1 Å². The average Bonchev–Trinajstić information content (AvgIpc) is 2.60. The third-order valence-corrected chi connectivity index (χ3v) is 3.96. The molecule has 0 aliphatic carbocycles. The van der Waals surface area contributed by atoms with E-state index in [1.807, 2.05) is 36.4 Å². The fourth-order valence-electron chi connectivity index (χ4n) is 2.23. The van der Waals surface area contributed by atoms with Crippen molar-refractivity contribution in [3.05, 3.63) is 70.2 Å². The lowest BCUT2D eigenvalue weighted by Gasteiger charge is -2.26. The maximum absolute atomic E-state index is 12.3. The first-order valence-corrected chi connectivity index (χ1v) is 8.09. The Labute approximate surface area is 149 Å². The number of carbonyl (C=O) groups is 2. The van der Waals surface area contributed by atoms with E-state index in [0.29, 0.717) is 5.56 Å². The van der Waals surface area contributed by atoms with Gasteiger partial charge in [0.15, 0.2) is 6.04 Å². The summed E-state index contributed by atoms with van der Waals surface area (Å²) in [6.45, 7) is 0.135. The summed E-state index contributed by atoms with van der Waals surface area (Å²) in [6, 6.07) is 15.6. The van der Waals surface area contributed by atoms with Crippen LogP contribution in [0.5, 0.6) is 0 Å². The monoisotopic (exact) mass is 391 g/mol. The van der Waals surface area contributed by atoms with Gasteiger partial charge in [-0.1, -0.05) is 58.4 Å². The molecule has 0 spiro atoms. The largest absolute Gasteiger partial charge is 0.467 e. The Morgan fingerprint density at radius 3 is 2.46 bits per heavy atom. The fraction of sp³-hybridized carbons (Fsp3) is 0.222. The highest BCUT2D eigenvalue weighted by Gasteiger charge is 2.30. The SMILES string of the molecule is COC(=O)C(c1cccc(Br)c1)N(C)C(=O)OCc1ccccc1. The van der Waals surface area contributed by atoms with Crippen molar-refractivity contribution in [2.75, 3.05) is 14.2 Å². The fourth-order valence-corrected chi connectivity index (χ4v) is 2.65. The highest BCUT2D eigenvalue weighted by molar-refractivity contribution is 9.10. The van der Waals surface area contributed by atoms with Gasteiger partial charge in [-0.15, -0.1) is 0 Å². The average molecular weight is 392 g/mol. The Morgan fingerprint density at radius 2 is 1.83 bits per heavy atom. The van der Waals surface area contributed by atoms with Crippen LogP contribution in [-0.4, -0.2) is 31.1 Å². The van der Waals surface area contributed by atoms with Gasteiger partial charge < -0.3 is 9.47 Å². The molecule has 0 aliphatic rings. The van der Waals surface area contributed by atoms with E-state index in [2.05, 4.69) is 15.9 Å². The summed E-state index contributed by atoms with van der Waals surface area (Å²) in [5.74, 6) is -0.535. The van der Waals surface area contributed by atoms with Crippen LogP contribution >= 0.6 is 15.9 Å². The molecule has 0 aromatic heterocycles. The smallest absolute Gasteiger partial charge is 0.410 e. The van der Waals surface area contributed by atoms with E-state index < -0.39 is 18.1 Å². The third kappa shape index (κ3) is 4.58. The molecule has 2 aromatic rings. The molecule has 2 aromatic carbocycles. The predicted molar refractivity (Wildman–Crippen MR) is 93.3 cm³/mol. The highest BCUT2D eigenvalue weighted by Crippen LogP contribution is 2.24. The highest BCUT2D eigenvalue weighted by atomic mass is 79.9. The topological polar surface area (TPSA) is 55.8 Å². The quantitative estimate of drug-likeness (QED) is 0.724. The van der Waals surface area contributed by atoms with Gasteiger partial charge in [-0.25, -0.2) is 9.59 Å². The Hall–Kier alpha value is -2.34. The van der Waals surface area contributed by atoms with Crippen molar-refractivity contribution >= 4 is 28.0 Å². The van der Waals surface area contributed by atoms with E-state index in [9.17, 15) is 9.59 Å². The van der Waals surface area contributed by atoms with Gasteiger partial charge in [0.05, 0.1) is 7.11 Å². The van der Waals surface area contributed by atoms with Crippen LogP contribution in [0.3, 0.4) is 0 Å². The zero-order valence-electron chi connectivity index (χ0n) is 13.4. The minimum Gasteiger partial charge on any atom is -0.467 e. The Balaban J connectivity index is 2.13. The maximum Gasteiger partial charge on any atom is 0.410 e. The molecule has 6 heteroatoms. The third-order valence-electron chi connectivity index (χ3n) is 3.47. The van der Waals surface area contributed by atoms with Gasteiger partial charge in [-0.05, 0) is 23.3 Å². The molecule has 0 heterocycles. The second-order valence-electron chi connectivity index (χ2n) is 5.13. The summed E-state index contributed by atoms with van der Waals surface area (Å²) in [5, 5.41) is 0. The number of hydrogen-bond donors (Lipinski definition) is 0. The summed E-state index contributed by atoms with van der Waals surface area (Å²) < 4.78 is 10.9. The van der Waals surface area contributed by atoms with Gasteiger partial charge in [0, 0.05) is 11.5 Å². The van der Waals surface area contributed by atoms with E-state index in [1.165, 1.54) is 19.1 Å². The molecule has 1 amide bonds. The molecule has 0 radical (unpaired) electrons. The summed E-state index contributed by atoms with van der Waals surface area (Å²) in [6.07, 6.45) is -0.603.